The monoisotopic (exact) mass is 731 g/mol. The number of carbonyl (C=O) groups is 3. The normalized spacial score (nSPS) is 17.9. The highest BCUT2D eigenvalue weighted by Crippen LogP contribution is 2.40. The van der Waals surface area contributed by atoms with Gasteiger partial charge in [-0.15, -0.1) is 34.4 Å². The van der Waals surface area contributed by atoms with Gasteiger partial charge in [0.15, 0.2) is 34.1 Å². The van der Waals surface area contributed by atoms with E-state index in [1.165, 1.54) is 46.9 Å². The van der Waals surface area contributed by atoms with Gasteiger partial charge in [-0.05, 0) is 6.07 Å². The molecule has 246 valence electrons. The summed E-state index contributed by atoms with van der Waals surface area (Å²) in [5.41, 5.74) is 7.85. The Morgan fingerprint density at radius 1 is 1.33 bits per heavy atom. The van der Waals surface area contributed by atoms with Crippen LogP contribution in [0.25, 0.3) is 11.3 Å². The number of aromatic nitrogens is 3. The van der Waals surface area contributed by atoms with E-state index >= 15 is 0 Å². The summed E-state index contributed by atoms with van der Waals surface area (Å²) in [5.74, 6) is -1.52. The van der Waals surface area contributed by atoms with Gasteiger partial charge < -0.3 is 30.7 Å². The lowest BCUT2D eigenvalue weighted by Crippen LogP contribution is -2.71. The number of thioether (sulfide) groups is 2. The quantitative estimate of drug-likeness (QED) is 0.0331. The topological polar surface area (TPSA) is 262 Å². The first-order chi connectivity index (χ1) is 21.8. The molecule has 17 nitrogen and oxygen atoms in total. The molecule has 0 bridgehead atoms. The predicted octanol–water partition coefficient (Wildman–Crippen LogP) is 0.0146. The molecule has 2 amide bonds. The van der Waals surface area contributed by atoms with E-state index in [0.717, 1.165) is 26.9 Å². The molecule has 5 heterocycles. The van der Waals surface area contributed by atoms with E-state index in [1.54, 1.807) is 5.38 Å². The van der Waals surface area contributed by atoms with Crippen molar-refractivity contribution in [3.63, 3.8) is 0 Å². The number of carboxylic acid groups (broad SMARTS) is 1. The fourth-order valence-electron chi connectivity index (χ4n) is 4.29. The third kappa shape index (κ3) is 8.79. The van der Waals surface area contributed by atoms with E-state index in [2.05, 4.69) is 20.4 Å². The van der Waals surface area contributed by atoms with Crippen molar-refractivity contribution in [2.24, 2.45) is 5.16 Å². The van der Waals surface area contributed by atoms with Crippen molar-refractivity contribution in [2.75, 3.05) is 31.0 Å². The second kappa shape index (κ2) is 15.3. The number of nitrogen functional groups attached to an aromatic ring is 1. The zero-order valence-corrected chi connectivity index (χ0v) is 27.6. The molecule has 0 aliphatic carbocycles. The van der Waals surface area contributed by atoms with Crippen LogP contribution in [-0.4, -0.2) is 103 Å². The predicted molar refractivity (Wildman–Crippen MR) is 168 cm³/mol. The number of nitrogens with two attached hydrogens (primary N) is 1. The Morgan fingerprint density at radius 3 is 2.70 bits per heavy atom. The number of nitrogens with one attached hydrogen (secondary N) is 1. The van der Waals surface area contributed by atoms with Crippen molar-refractivity contribution < 1.29 is 51.5 Å². The first-order valence-electron chi connectivity index (χ1n) is 12.7. The lowest BCUT2D eigenvalue weighted by atomic mass is 10.0. The van der Waals surface area contributed by atoms with E-state index in [9.17, 15) is 19.5 Å². The molecule has 1 fully saturated rings. The van der Waals surface area contributed by atoms with Crippen LogP contribution < -0.4 is 15.6 Å². The molecule has 5 rings (SSSR count). The molecule has 6 N–H and O–H groups in total. The Kier molecular flexibility index (Phi) is 11.7. The highest BCUT2D eigenvalue weighted by Gasteiger charge is 2.54. The minimum Gasteiger partial charge on any atom is -0.726 e. The summed E-state index contributed by atoms with van der Waals surface area (Å²) in [6.07, 6.45) is 3.70. The fraction of sp³-hybridized carbons (Fsp3) is 0.292. The Morgan fingerprint density at radius 2 is 2.07 bits per heavy atom. The number of pyridine rings is 1. The maximum Gasteiger partial charge on any atom is 0.352 e. The largest absolute Gasteiger partial charge is 0.726 e. The van der Waals surface area contributed by atoms with E-state index in [1.807, 2.05) is 34.5 Å². The van der Waals surface area contributed by atoms with E-state index in [0.29, 0.717) is 17.1 Å². The molecule has 0 spiro atoms. The fourth-order valence-corrected chi connectivity index (χ4v) is 7.82. The number of carbonyl (C=O) groups excluding carboxylic acids is 2. The van der Waals surface area contributed by atoms with Crippen LogP contribution in [0.2, 0.25) is 0 Å². The van der Waals surface area contributed by atoms with Crippen LogP contribution in [0.4, 0.5) is 5.13 Å². The number of hydrogen-bond acceptors (Lipinski definition) is 16. The van der Waals surface area contributed by atoms with Crippen LogP contribution in [0.5, 0.6) is 0 Å². The Hall–Kier alpha value is -3.64. The maximum absolute atomic E-state index is 13.1. The SMILES string of the molecule is CO/N=C(\C(=O)NC1C(=O)N2C(C(=O)O)=C(C[n+]3cccc(-c4csc(SCCO)n4)c3)CSC12)c1csc(N)n1.O=S(=O)([O-])O. The summed E-state index contributed by atoms with van der Waals surface area (Å²) in [6, 6.07) is 2.82. The van der Waals surface area contributed by atoms with E-state index < -0.39 is 39.6 Å². The minimum atomic E-state index is -4.92. The van der Waals surface area contributed by atoms with Crippen LogP contribution in [0.15, 0.2) is 56.1 Å². The molecule has 0 saturated carbocycles. The number of aliphatic hydroxyl groups is 1. The van der Waals surface area contributed by atoms with Crippen molar-refractivity contribution in [1.29, 1.82) is 0 Å². The second-order valence-corrected chi connectivity index (χ2v) is 14.1. The van der Waals surface area contributed by atoms with Crippen LogP contribution in [0, 0.1) is 0 Å². The van der Waals surface area contributed by atoms with Gasteiger partial charge in [0, 0.05) is 33.9 Å². The summed E-state index contributed by atoms with van der Waals surface area (Å²) >= 11 is 5.46. The minimum absolute atomic E-state index is 0.0721. The van der Waals surface area contributed by atoms with Crippen molar-refractivity contribution in [1.82, 2.24) is 20.2 Å². The standard InChI is InChI=1S/C24H23N7O6S4.H2O4S/c1-37-29-16(15-11-40-23(25)26-15)19(33)28-17-20(34)31-18(22(35)36)13(9-39-21(17)31)8-30-4-2-3-12(7-30)14-10-41-24(27-14)38-6-5-32;1-5(2,3)4/h2-4,7,10-11,17,21,32H,5-6,8-9H2,1H3,(H3-,25,26,28,33,35,36);(H2,1,2,3,4)/b29-16-;. The van der Waals surface area contributed by atoms with Crippen LogP contribution in [-0.2, 0) is 36.2 Å². The molecule has 22 heteroatoms. The number of rotatable bonds is 11. The average Bonchev–Trinajstić information content (AvgIpc) is 3.65. The molecule has 2 aliphatic rings. The number of oxime groups is 1. The van der Waals surface area contributed by atoms with Crippen molar-refractivity contribution in [3.8, 4) is 11.3 Å². The van der Waals surface area contributed by atoms with Crippen molar-refractivity contribution in [2.45, 2.75) is 22.3 Å². The van der Waals surface area contributed by atoms with E-state index in [-0.39, 0.29) is 35.4 Å². The summed E-state index contributed by atoms with van der Waals surface area (Å²) in [5, 5.41) is 28.6. The number of thiazole rings is 2. The number of aliphatic hydroxyl groups excluding tert-OH is 1. The van der Waals surface area contributed by atoms with E-state index in [4.69, 9.17) is 33.2 Å². The number of nitrogens with zero attached hydrogens (tertiary/aromatic N) is 5. The molecule has 2 aliphatic heterocycles. The summed E-state index contributed by atoms with van der Waals surface area (Å²) in [4.78, 5) is 53.1. The highest BCUT2D eigenvalue weighted by molar-refractivity contribution is 8.01. The first-order valence-corrected chi connectivity index (χ1v) is 17.9. The number of aliphatic carboxylic acids is 1. The second-order valence-electron chi connectivity index (χ2n) is 9.08. The van der Waals surface area contributed by atoms with Gasteiger partial charge in [-0.1, -0.05) is 16.9 Å². The van der Waals surface area contributed by atoms with Crippen LogP contribution in [0.1, 0.15) is 5.69 Å². The van der Waals surface area contributed by atoms with Gasteiger partial charge in [0.25, 0.3) is 11.8 Å². The molecule has 0 radical (unpaired) electrons. The molecule has 2 unspecified atom stereocenters. The van der Waals surface area contributed by atoms with Crippen LogP contribution in [0.3, 0.4) is 0 Å². The zero-order chi connectivity index (χ0) is 33.6. The molecule has 0 aromatic carbocycles. The summed E-state index contributed by atoms with van der Waals surface area (Å²) < 4.78 is 35.5. The van der Waals surface area contributed by atoms with Crippen molar-refractivity contribution in [3.05, 3.63) is 52.3 Å². The molecule has 1 saturated heterocycles. The molecule has 46 heavy (non-hydrogen) atoms. The summed E-state index contributed by atoms with van der Waals surface area (Å²) in [6.45, 7) is 0.324. The lowest BCUT2D eigenvalue weighted by molar-refractivity contribution is -0.688. The summed E-state index contributed by atoms with van der Waals surface area (Å²) in [7, 11) is -3.64. The van der Waals surface area contributed by atoms with Crippen molar-refractivity contribution >= 4 is 85.2 Å². The molecule has 2 atom stereocenters. The number of anilines is 1. The smallest absolute Gasteiger partial charge is 0.352 e. The number of fused-ring (bicyclic) bond motifs is 1. The van der Waals surface area contributed by atoms with Gasteiger partial charge in [0.1, 0.15) is 29.9 Å². The van der Waals surface area contributed by atoms with Gasteiger partial charge in [-0.25, -0.2) is 27.7 Å². The number of amides is 2. The lowest BCUT2D eigenvalue weighted by Gasteiger charge is -2.49. The third-order valence-electron chi connectivity index (χ3n) is 6.03. The highest BCUT2D eigenvalue weighted by atomic mass is 32.3. The molecule has 3 aromatic heterocycles. The van der Waals surface area contributed by atoms with Gasteiger partial charge in [0.2, 0.25) is 10.4 Å². The zero-order valence-electron chi connectivity index (χ0n) is 23.5. The molecule has 3 aromatic rings. The van der Waals surface area contributed by atoms with Crippen LogP contribution >= 0.6 is 46.2 Å². The first kappa shape index (κ1) is 35.2. The third-order valence-corrected chi connectivity index (χ3v) is 10.0. The Bertz CT molecular complexity index is 1780. The average molecular weight is 732 g/mol. The Balaban J connectivity index is 0.000000892. The van der Waals surface area contributed by atoms with Gasteiger partial charge in [0.05, 0.1) is 17.9 Å². The van der Waals surface area contributed by atoms with Gasteiger partial charge in [-0.3, -0.25) is 19.0 Å². The maximum atomic E-state index is 13.1. The van der Waals surface area contributed by atoms with Gasteiger partial charge in [-0.2, -0.15) is 0 Å². The number of hydrogen-bond donors (Lipinski definition) is 5. The number of carboxylic acids is 1. The number of β-lactam (4-membered cyclic amide) rings is 1. The van der Waals surface area contributed by atoms with Gasteiger partial charge >= 0.3 is 5.97 Å². The molecular weight excluding hydrogens is 707 g/mol. The molecular formula is C24H25N7O10S5. The Labute approximate surface area is 277 Å².